The third kappa shape index (κ3) is 2.57. The summed E-state index contributed by atoms with van der Waals surface area (Å²) in [5.74, 6) is -0.426. The molecule has 1 rings (SSSR count). The molecule has 0 aliphatic carbocycles. The van der Waals surface area contributed by atoms with E-state index in [0.29, 0.717) is 0 Å². The summed E-state index contributed by atoms with van der Waals surface area (Å²) in [5.41, 5.74) is 0. The molecule has 0 saturated heterocycles. The van der Waals surface area contributed by atoms with Crippen molar-refractivity contribution in [2.75, 3.05) is 0 Å². The van der Waals surface area contributed by atoms with Crippen LogP contribution >= 0.6 is 11.3 Å². The summed E-state index contributed by atoms with van der Waals surface area (Å²) >= 11 is 0.762. The molecule has 1 aromatic heterocycles. The van der Waals surface area contributed by atoms with Crippen LogP contribution in [0.4, 0.5) is 0 Å². The van der Waals surface area contributed by atoms with Gasteiger partial charge in [-0.25, -0.2) is 4.68 Å². The molecule has 1 amide bonds. The van der Waals surface area contributed by atoms with Crippen molar-refractivity contribution in [2.45, 2.75) is 11.3 Å². The normalized spacial score (nSPS) is 12.8. The van der Waals surface area contributed by atoms with E-state index in [0.717, 1.165) is 11.3 Å². The number of nitrogens with zero attached hydrogens (tertiary/aromatic N) is 4. The Morgan fingerprint density at radius 3 is 2.67 bits per heavy atom. The molecule has 0 bridgehead atoms. The highest BCUT2D eigenvalue weighted by Crippen LogP contribution is 2.10. The van der Waals surface area contributed by atoms with E-state index in [4.69, 9.17) is 0 Å². The quantitative estimate of drug-likeness (QED) is 0.648. The first-order valence-corrected chi connectivity index (χ1v) is 5.95. The molecule has 0 radical (unpaired) electrons. The zero-order chi connectivity index (χ0) is 11.6. The van der Waals surface area contributed by atoms with Gasteiger partial charge in [0.15, 0.2) is 0 Å². The third-order valence-corrected chi connectivity index (χ3v) is 3.87. The second-order valence-corrected chi connectivity index (χ2v) is 5.32. The van der Waals surface area contributed by atoms with Gasteiger partial charge in [0.1, 0.15) is 0 Å². The Bertz CT molecular complexity index is 565. The van der Waals surface area contributed by atoms with Crippen LogP contribution in [0, 0.1) is 0 Å². The van der Waals surface area contributed by atoms with Crippen LogP contribution in [0.15, 0.2) is 13.7 Å². The van der Waals surface area contributed by atoms with Crippen LogP contribution in [0.25, 0.3) is 0 Å². The third-order valence-electron chi connectivity index (χ3n) is 1.33. The Kier molecular flexibility index (Phi) is 3.15. The van der Waals surface area contributed by atoms with E-state index in [-0.39, 0.29) is 9.14 Å². The Hall–Kier alpha value is -1.35. The molecular weight excluding hydrogens is 240 g/mol. The highest BCUT2D eigenvalue weighted by Gasteiger charge is 2.17. The second kappa shape index (κ2) is 4.03. The van der Waals surface area contributed by atoms with Crippen molar-refractivity contribution in [2.24, 2.45) is 16.4 Å². The largest absolute Gasteiger partial charge is 0.310 e. The van der Waals surface area contributed by atoms with E-state index in [1.807, 2.05) is 0 Å². The van der Waals surface area contributed by atoms with Gasteiger partial charge in [-0.2, -0.15) is 17.8 Å². The van der Waals surface area contributed by atoms with Crippen molar-refractivity contribution in [3.63, 3.8) is 0 Å². The van der Waals surface area contributed by atoms with Gasteiger partial charge in [0.05, 0.1) is 0 Å². The van der Waals surface area contributed by atoms with E-state index in [2.05, 4.69) is 21.2 Å². The average molecular weight is 248 g/mol. The van der Waals surface area contributed by atoms with E-state index in [1.165, 1.54) is 18.7 Å². The van der Waals surface area contributed by atoms with Crippen LogP contribution in [-0.4, -0.2) is 30.8 Å². The van der Waals surface area contributed by atoms with Gasteiger partial charge < -0.3 is 0 Å². The number of rotatable bonds is 2. The minimum atomic E-state index is -3.81. The van der Waals surface area contributed by atoms with Gasteiger partial charge >= 0.3 is 10.0 Å². The SMILES string of the molecule is C=NS(=O)(=O)c1nn(C)c(=NC(C)=O)s1. The Morgan fingerprint density at radius 2 is 2.20 bits per heavy atom. The Labute approximate surface area is 89.9 Å². The van der Waals surface area contributed by atoms with Crippen LogP contribution in [-0.2, 0) is 21.9 Å². The number of hydrogen-bond acceptors (Lipinski definition) is 5. The molecular formula is C6H8N4O3S2. The maximum absolute atomic E-state index is 11.2. The highest BCUT2D eigenvalue weighted by molar-refractivity contribution is 7.92. The topological polar surface area (TPSA) is 93.8 Å². The lowest BCUT2D eigenvalue weighted by atomic mass is 10.8. The number of sulfonamides is 1. The van der Waals surface area contributed by atoms with Crippen LogP contribution in [0.3, 0.4) is 0 Å². The minimum absolute atomic E-state index is 0.199. The summed E-state index contributed by atoms with van der Waals surface area (Å²) in [5, 5.41) is 3.67. The van der Waals surface area contributed by atoms with Crippen molar-refractivity contribution >= 4 is 34.0 Å². The lowest BCUT2D eigenvalue weighted by Crippen LogP contribution is -2.13. The van der Waals surface area contributed by atoms with Gasteiger partial charge in [-0.15, -0.1) is 5.10 Å². The predicted molar refractivity (Wildman–Crippen MR) is 54.1 cm³/mol. The van der Waals surface area contributed by atoms with Gasteiger partial charge in [0.2, 0.25) is 10.7 Å². The van der Waals surface area contributed by atoms with Crippen LogP contribution in [0.2, 0.25) is 0 Å². The fourth-order valence-corrected chi connectivity index (χ4v) is 2.52. The summed E-state index contributed by atoms with van der Waals surface area (Å²) in [6.07, 6.45) is 0. The maximum Gasteiger partial charge on any atom is 0.310 e. The molecule has 0 atom stereocenters. The molecule has 9 heteroatoms. The van der Waals surface area contributed by atoms with Crippen LogP contribution < -0.4 is 4.80 Å². The first-order chi connectivity index (χ1) is 6.86. The Morgan fingerprint density at radius 1 is 1.60 bits per heavy atom. The molecule has 7 nitrogen and oxygen atoms in total. The lowest BCUT2D eigenvalue weighted by Gasteiger charge is -1.87. The van der Waals surface area contributed by atoms with E-state index in [1.54, 1.807) is 0 Å². The summed E-state index contributed by atoms with van der Waals surface area (Å²) < 4.78 is 26.4. The van der Waals surface area contributed by atoms with Crippen LogP contribution in [0.1, 0.15) is 6.92 Å². The first kappa shape index (κ1) is 11.7. The van der Waals surface area contributed by atoms with Crippen molar-refractivity contribution in [3.05, 3.63) is 4.80 Å². The standard InChI is InChI=1S/C6H8N4O3S2/c1-4(11)8-5-10(3)9-6(14-5)15(12,13)7-2/h2H2,1,3H3. The highest BCUT2D eigenvalue weighted by atomic mass is 32.2. The van der Waals surface area contributed by atoms with Crippen molar-refractivity contribution in [1.29, 1.82) is 0 Å². The van der Waals surface area contributed by atoms with E-state index in [9.17, 15) is 13.2 Å². The molecule has 15 heavy (non-hydrogen) atoms. The zero-order valence-corrected chi connectivity index (χ0v) is 9.67. The molecule has 0 fully saturated rings. The fraction of sp³-hybridized carbons (Fsp3) is 0.333. The summed E-state index contributed by atoms with van der Waals surface area (Å²) in [7, 11) is -2.32. The smallest absolute Gasteiger partial charge is 0.273 e. The number of amides is 1. The molecule has 0 spiro atoms. The minimum Gasteiger partial charge on any atom is -0.273 e. The maximum atomic E-state index is 11.2. The van der Waals surface area contributed by atoms with Gasteiger partial charge in [-0.3, -0.25) is 4.79 Å². The number of carbonyl (C=O) groups excluding carboxylic acids is 1. The molecule has 0 saturated carbocycles. The molecule has 1 heterocycles. The Balaban J connectivity index is 3.42. The summed E-state index contributed by atoms with van der Waals surface area (Å²) in [6.45, 7) is 4.19. The predicted octanol–water partition coefficient (Wildman–Crippen LogP) is -0.682. The summed E-state index contributed by atoms with van der Waals surface area (Å²) in [6, 6.07) is 0. The van der Waals surface area contributed by atoms with Gasteiger partial charge in [0.25, 0.3) is 4.34 Å². The number of aromatic nitrogens is 2. The van der Waals surface area contributed by atoms with Crippen molar-refractivity contribution in [1.82, 2.24) is 9.78 Å². The van der Waals surface area contributed by atoms with E-state index < -0.39 is 15.9 Å². The van der Waals surface area contributed by atoms with Crippen molar-refractivity contribution < 1.29 is 13.2 Å². The average Bonchev–Trinajstić information content (AvgIpc) is 2.48. The van der Waals surface area contributed by atoms with E-state index >= 15 is 0 Å². The van der Waals surface area contributed by atoms with Gasteiger partial charge in [-0.1, -0.05) is 11.3 Å². The summed E-state index contributed by atoms with van der Waals surface area (Å²) in [4.78, 5) is 14.5. The molecule has 1 aromatic rings. The lowest BCUT2D eigenvalue weighted by molar-refractivity contribution is -0.116. The molecule has 0 N–H and O–H groups in total. The fourth-order valence-electron chi connectivity index (χ4n) is 0.719. The number of carbonyl (C=O) groups is 1. The van der Waals surface area contributed by atoms with Gasteiger partial charge in [0, 0.05) is 20.7 Å². The zero-order valence-electron chi connectivity index (χ0n) is 8.04. The van der Waals surface area contributed by atoms with Crippen LogP contribution in [0.5, 0.6) is 0 Å². The molecule has 0 unspecified atom stereocenters. The van der Waals surface area contributed by atoms with Gasteiger partial charge in [-0.05, 0) is 0 Å². The second-order valence-electron chi connectivity index (χ2n) is 2.51. The monoisotopic (exact) mass is 248 g/mol. The molecule has 82 valence electrons. The molecule has 0 aliphatic heterocycles. The molecule has 0 aliphatic rings. The number of aryl methyl sites for hydroxylation is 1. The number of hydrogen-bond donors (Lipinski definition) is 0. The first-order valence-electron chi connectivity index (χ1n) is 3.69. The van der Waals surface area contributed by atoms with Crippen molar-refractivity contribution in [3.8, 4) is 0 Å². The molecule has 0 aromatic carbocycles.